The molecule has 0 bridgehead atoms. The predicted octanol–water partition coefficient (Wildman–Crippen LogP) is 3.37. The molecule has 102 valence electrons. The van der Waals surface area contributed by atoms with E-state index in [1.807, 2.05) is 49.0 Å². The summed E-state index contributed by atoms with van der Waals surface area (Å²) in [7, 11) is 0. The van der Waals surface area contributed by atoms with Gasteiger partial charge >= 0.3 is 0 Å². The fraction of sp³-hybridized carbons (Fsp3) is 0.400. The molecular weight excluding hydrogens is 238 g/mol. The molecule has 0 amide bonds. The number of nitrogens with zero attached hydrogens (tertiary/aromatic N) is 2. The number of hydrogen-bond donors (Lipinski definition) is 1. The van der Waals surface area contributed by atoms with Crippen molar-refractivity contribution in [3.8, 4) is 11.4 Å². The number of nitrogens with two attached hydrogens (primary N) is 1. The summed E-state index contributed by atoms with van der Waals surface area (Å²) in [6, 6.07) is 7.70. The maximum atomic E-state index is 5.92. The van der Waals surface area contributed by atoms with Gasteiger partial charge in [-0.1, -0.05) is 13.8 Å². The molecule has 0 aliphatic heterocycles. The first kappa shape index (κ1) is 13.5. The fourth-order valence-corrected chi connectivity index (χ4v) is 1.87. The lowest BCUT2D eigenvalue weighted by molar-refractivity contribution is 0.242. The van der Waals surface area contributed by atoms with Gasteiger partial charge in [0.15, 0.2) is 0 Å². The Morgan fingerprint density at radius 2 is 1.89 bits per heavy atom. The number of ether oxygens (including phenoxy) is 1. The second kappa shape index (κ2) is 5.34. The quantitative estimate of drug-likeness (QED) is 0.856. The van der Waals surface area contributed by atoms with Crippen LogP contribution < -0.4 is 10.5 Å². The second-order valence-corrected chi connectivity index (χ2v) is 5.27. The van der Waals surface area contributed by atoms with Crippen LogP contribution in [0.5, 0.6) is 5.75 Å². The van der Waals surface area contributed by atoms with Crippen LogP contribution in [-0.4, -0.2) is 15.9 Å². The SMILES string of the molecule is CC(C)Oc1cc(N)cc(-n2ccc(C(C)C)n2)c1. The molecule has 0 saturated carbocycles. The monoisotopic (exact) mass is 259 g/mol. The Labute approximate surface area is 114 Å². The van der Waals surface area contributed by atoms with Gasteiger partial charge in [0.2, 0.25) is 0 Å². The summed E-state index contributed by atoms with van der Waals surface area (Å²) in [4.78, 5) is 0. The molecule has 4 nitrogen and oxygen atoms in total. The smallest absolute Gasteiger partial charge is 0.123 e. The lowest BCUT2D eigenvalue weighted by atomic mass is 10.1. The fourth-order valence-electron chi connectivity index (χ4n) is 1.87. The van der Waals surface area contributed by atoms with Crippen LogP contribution in [0.25, 0.3) is 5.69 Å². The number of nitrogen functional groups attached to an aromatic ring is 1. The summed E-state index contributed by atoms with van der Waals surface area (Å²) in [5.74, 6) is 1.18. The van der Waals surface area contributed by atoms with Crippen molar-refractivity contribution in [3.63, 3.8) is 0 Å². The molecule has 0 unspecified atom stereocenters. The molecule has 0 spiro atoms. The van der Waals surface area contributed by atoms with Crippen LogP contribution in [0.3, 0.4) is 0 Å². The number of rotatable bonds is 4. The number of anilines is 1. The topological polar surface area (TPSA) is 53.1 Å². The Morgan fingerprint density at radius 1 is 1.16 bits per heavy atom. The molecule has 0 atom stereocenters. The summed E-state index contributed by atoms with van der Waals surface area (Å²) in [6.07, 6.45) is 2.07. The van der Waals surface area contributed by atoms with Crippen LogP contribution in [0, 0.1) is 0 Å². The van der Waals surface area contributed by atoms with Crippen molar-refractivity contribution in [1.82, 2.24) is 9.78 Å². The largest absolute Gasteiger partial charge is 0.491 e. The highest BCUT2D eigenvalue weighted by molar-refractivity contribution is 5.53. The van der Waals surface area contributed by atoms with Crippen LogP contribution in [0.1, 0.15) is 39.3 Å². The van der Waals surface area contributed by atoms with Gasteiger partial charge in [0.25, 0.3) is 0 Å². The van der Waals surface area contributed by atoms with Gasteiger partial charge in [-0.05, 0) is 31.9 Å². The van der Waals surface area contributed by atoms with Crippen LogP contribution in [-0.2, 0) is 0 Å². The third-order valence-electron chi connectivity index (χ3n) is 2.75. The van der Waals surface area contributed by atoms with Crippen molar-refractivity contribution < 1.29 is 4.74 Å². The molecule has 1 aromatic carbocycles. The molecule has 2 aromatic rings. The minimum atomic E-state index is 0.124. The first-order valence-electron chi connectivity index (χ1n) is 6.59. The molecule has 19 heavy (non-hydrogen) atoms. The summed E-state index contributed by atoms with van der Waals surface area (Å²) in [5.41, 5.74) is 8.58. The zero-order chi connectivity index (χ0) is 14.0. The molecule has 0 saturated heterocycles. The van der Waals surface area contributed by atoms with Crippen molar-refractivity contribution in [2.24, 2.45) is 0 Å². The molecule has 1 heterocycles. The first-order valence-corrected chi connectivity index (χ1v) is 6.59. The Hall–Kier alpha value is -1.97. The van der Waals surface area contributed by atoms with E-state index in [0.29, 0.717) is 11.6 Å². The second-order valence-electron chi connectivity index (χ2n) is 5.27. The van der Waals surface area contributed by atoms with E-state index in [0.717, 1.165) is 17.1 Å². The minimum absolute atomic E-state index is 0.124. The third-order valence-corrected chi connectivity index (χ3v) is 2.75. The molecule has 1 aromatic heterocycles. The van der Waals surface area contributed by atoms with Crippen molar-refractivity contribution in [2.45, 2.75) is 39.7 Å². The highest BCUT2D eigenvalue weighted by atomic mass is 16.5. The molecule has 2 rings (SSSR count). The molecule has 0 radical (unpaired) electrons. The Balaban J connectivity index is 2.35. The van der Waals surface area contributed by atoms with Crippen LogP contribution in [0.2, 0.25) is 0 Å². The van der Waals surface area contributed by atoms with Crippen molar-refractivity contribution >= 4 is 5.69 Å². The lowest BCUT2D eigenvalue weighted by Crippen LogP contribution is -2.07. The molecule has 0 aliphatic rings. The first-order chi connectivity index (χ1) is 8.95. The van der Waals surface area contributed by atoms with E-state index in [4.69, 9.17) is 10.5 Å². The van der Waals surface area contributed by atoms with E-state index in [-0.39, 0.29) is 6.10 Å². The number of hydrogen-bond acceptors (Lipinski definition) is 3. The normalized spacial score (nSPS) is 11.3. The van der Waals surface area contributed by atoms with E-state index in [9.17, 15) is 0 Å². The van der Waals surface area contributed by atoms with Crippen LogP contribution >= 0.6 is 0 Å². The molecule has 0 aliphatic carbocycles. The van der Waals surface area contributed by atoms with E-state index in [1.54, 1.807) is 0 Å². The van der Waals surface area contributed by atoms with Gasteiger partial charge in [-0.15, -0.1) is 0 Å². The van der Waals surface area contributed by atoms with E-state index in [1.165, 1.54) is 0 Å². The van der Waals surface area contributed by atoms with Gasteiger partial charge in [0, 0.05) is 24.0 Å². The summed E-state index contributed by atoms with van der Waals surface area (Å²) in [6.45, 7) is 8.24. The number of benzene rings is 1. The number of aromatic nitrogens is 2. The highest BCUT2D eigenvalue weighted by Crippen LogP contribution is 2.23. The molecule has 2 N–H and O–H groups in total. The van der Waals surface area contributed by atoms with E-state index >= 15 is 0 Å². The summed E-state index contributed by atoms with van der Waals surface area (Å²) >= 11 is 0. The lowest BCUT2D eigenvalue weighted by Gasteiger charge is -2.12. The minimum Gasteiger partial charge on any atom is -0.491 e. The Kier molecular flexibility index (Phi) is 3.79. The Bertz CT molecular complexity index is 558. The maximum absolute atomic E-state index is 5.92. The van der Waals surface area contributed by atoms with E-state index in [2.05, 4.69) is 18.9 Å². The van der Waals surface area contributed by atoms with Gasteiger partial charge in [-0.25, -0.2) is 4.68 Å². The van der Waals surface area contributed by atoms with Gasteiger partial charge in [-0.2, -0.15) is 5.10 Å². The van der Waals surface area contributed by atoms with Crippen molar-refractivity contribution in [1.29, 1.82) is 0 Å². The molecular formula is C15H21N3O. The zero-order valence-corrected chi connectivity index (χ0v) is 11.9. The van der Waals surface area contributed by atoms with Gasteiger partial charge in [0.1, 0.15) is 5.75 Å². The maximum Gasteiger partial charge on any atom is 0.123 e. The zero-order valence-electron chi connectivity index (χ0n) is 11.9. The third kappa shape index (κ3) is 3.28. The van der Waals surface area contributed by atoms with Gasteiger partial charge < -0.3 is 10.5 Å². The highest BCUT2D eigenvalue weighted by Gasteiger charge is 2.07. The van der Waals surface area contributed by atoms with Crippen LogP contribution in [0.4, 0.5) is 5.69 Å². The van der Waals surface area contributed by atoms with Crippen LogP contribution in [0.15, 0.2) is 30.5 Å². The van der Waals surface area contributed by atoms with Gasteiger partial charge in [0.05, 0.1) is 17.5 Å². The van der Waals surface area contributed by atoms with Gasteiger partial charge in [-0.3, -0.25) is 0 Å². The summed E-state index contributed by atoms with van der Waals surface area (Å²) in [5, 5.41) is 4.55. The molecule has 4 heteroatoms. The standard InChI is InChI=1S/C15H21N3O/c1-10(2)15-5-6-18(17-15)13-7-12(16)8-14(9-13)19-11(3)4/h5-11H,16H2,1-4H3. The average molecular weight is 259 g/mol. The molecule has 0 fully saturated rings. The predicted molar refractivity (Wildman–Crippen MR) is 77.8 cm³/mol. The summed E-state index contributed by atoms with van der Waals surface area (Å²) < 4.78 is 7.52. The van der Waals surface area contributed by atoms with E-state index < -0.39 is 0 Å². The average Bonchev–Trinajstić information content (AvgIpc) is 2.76. The Morgan fingerprint density at radius 3 is 2.47 bits per heavy atom. The van der Waals surface area contributed by atoms with Crippen molar-refractivity contribution in [3.05, 3.63) is 36.2 Å². The van der Waals surface area contributed by atoms with Crippen molar-refractivity contribution in [2.75, 3.05) is 5.73 Å².